The van der Waals surface area contributed by atoms with Gasteiger partial charge in [0.2, 0.25) is 0 Å². The Labute approximate surface area is 188 Å². The number of rotatable bonds is 9. The highest BCUT2D eigenvalue weighted by atomic mass is 16.5. The van der Waals surface area contributed by atoms with Crippen LogP contribution in [0.4, 0.5) is 5.69 Å². The van der Waals surface area contributed by atoms with Crippen molar-refractivity contribution < 1.29 is 20.5 Å². The topological polar surface area (TPSA) is 129 Å². The molecular formula is C22H30N6O4. The number of carbonyl (C=O) groups is 3. The van der Waals surface area contributed by atoms with Crippen LogP contribution in [0.15, 0.2) is 48.3 Å². The van der Waals surface area contributed by atoms with E-state index in [9.17, 15) is 14.4 Å². The minimum Gasteiger partial charge on any atom is -0.383 e. The first-order valence-corrected chi connectivity index (χ1v) is 9.84. The number of carbonyl (C=O) groups excluding carboxylic acids is 3. The quantitative estimate of drug-likeness (QED) is 0.234. The summed E-state index contributed by atoms with van der Waals surface area (Å²) >= 11 is 0. The van der Waals surface area contributed by atoms with Gasteiger partial charge < -0.3 is 25.7 Å². The Balaban J connectivity index is 0.00000544. The fourth-order valence-corrected chi connectivity index (χ4v) is 2.79. The van der Waals surface area contributed by atoms with Gasteiger partial charge in [-0.2, -0.15) is 5.10 Å². The van der Waals surface area contributed by atoms with Crippen molar-refractivity contribution in [3.8, 4) is 0 Å². The fraction of sp³-hybridized carbons (Fsp3) is 0.318. The van der Waals surface area contributed by atoms with Crippen molar-refractivity contribution in [2.75, 3.05) is 33.1 Å². The van der Waals surface area contributed by atoms with Crippen LogP contribution in [0.1, 0.15) is 24.3 Å². The Morgan fingerprint density at radius 1 is 1.22 bits per heavy atom. The van der Waals surface area contributed by atoms with E-state index in [-0.39, 0.29) is 31.3 Å². The maximum atomic E-state index is 12.8. The van der Waals surface area contributed by atoms with Crippen molar-refractivity contribution in [1.29, 1.82) is 5.41 Å². The number of nitrogens with zero attached hydrogens (tertiary/aromatic N) is 3. The molecule has 0 fully saturated rings. The Bertz CT molecular complexity index is 1030. The van der Waals surface area contributed by atoms with Gasteiger partial charge in [-0.15, -0.1) is 0 Å². The number of ether oxygens (including phenoxy) is 1. The van der Waals surface area contributed by atoms with Crippen molar-refractivity contribution in [3.63, 3.8) is 0 Å². The zero-order valence-corrected chi connectivity index (χ0v) is 18.8. The van der Waals surface area contributed by atoms with Crippen LogP contribution < -0.4 is 10.6 Å². The predicted molar refractivity (Wildman–Crippen MR) is 123 cm³/mol. The third kappa shape index (κ3) is 6.61. The maximum Gasteiger partial charge on any atom is 0.261 e. The van der Waals surface area contributed by atoms with Gasteiger partial charge in [-0.3, -0.25) is 19.1 Å². The van der Waals surface area contributed by atoms with Crippen LogP contribution in [0.3, 0.4) is 0 Å². The molecule has 0 saturated heterocycles. The number of hydrogen-bond donors (Lipinski definition) is 3. The van der Waals surface area contributed by atoms with Gasteiger partial charge in [-0.25, -0.2) is 0 Å². The molecule has 0 spiro atoms. The maximum absolute atomic E-state index is 12.8. The summed E-state index contributed by atoms with van der Waals surface area (Å²) in [5.41, 5.74) is 1.04. The molecular weight excluding hydrogens is 412 g/mol. The Kier molecular flexibility index (Phi) is 8.42. The molecule has 10 nitrogen and oxygen atoms in total. The standard InChI is InChI=1S/C22H28N6O4.H2/c1-14(13-32-5)25-20(29)18(21(30)26-17-11-24-28(4)12-17)10-19(23)15-6-8-16(9-7-15)22(31)27(2)3;/h6-12,14,23H,13H2,1-5H3,(H,25,29)(H,26,30);1H/b18-10-,23-19?;/t14-;/m0./s1. The van der Waals surface area contributed by atoms with E-state index in [1.165, 1.54) is 29.0 Å². The monoisotopic (exact) mass is 442 g/mol. The second-order valence-electron chi connectivity index (χ2n) is 7.44. The molecule has 0 bridgehead atoms. The van der Waals surface area contributed by atoms with Crippen molar-refractivity contribution in [1.82, 2.24) is 20.0 Å². The average molecular weight is 443 g/mol. The summed E-state index contributed by atoms with van der Waals surface area (Å²) in [6.45, 7) is 2.01. The molecule has 0 unspecified atom stereocenters. The largest absolute Gasteiger partial charge is 0.383 e. The number of aromatic nitrogens is 2. The van der Waals surface area contributed by atoms with Crippen molar-refractivity contribution in [2.24, 2.45) is 7.05 Å². The Hall–Kier alpha value is -3.79. The molecule has 1 atom stereocenters. The van der Waals surface area contributed by atoms with Crippen molar-refractivity contribution in [3.05, 3.63) is 59.4 Å². The minimum atomic E-state index is -0.677. The van der Waals surface area contributed by atoms with Gasteiger partial charge in [0.25, 0.3) is 17.7 Å². The molecule has 32 heavy (non-hydrogen) atoms. The molecule has 1 heterocycles. The normalized spacial score (nSPS) is 12.1. The number of nitrogens with one attached hydrogen (secondary N) is 3. The van der Waals surface area contributed by atoms with Crippen LogP contribution in [0, 0.1) is 5.41 Å². The molecule has 3 amide bonds. The summed E-state index contributed by atoms with van der Waals surface area (Å²) in [5.74, 6) is -1.48. The third-order valence-corrected chi connectivity index (χ3v) is 4.38. The highest BCUT2D eigenvalue weighted by Gasteiger charge is 2.22. The number of allylic oxidation sites excluding steroid dienone is 1. The zero-order valence-electron chi connectivity index (χ0n) is 18.8. The van der Waals surface area contributed by atoms with Crippen molar-refractivity contribution in [2.45, 2.75) is 13.0 Å². The number of hydrogen-bond acceptors (Lipinski definition) is 6. The van der Waals surface area contributed by atoms with Crippen molar-refractivity contribution >= 4 is 29.1 Å². The first-order chi connectivity index (χ1) is 15.1. The summed E-state index contributed by atoms with van der Waals surface area (Å²) in [6.07, 6.45) is 4.24. The van der Waals surface area contributed by atoms with Crippen LogP contribution in [-0.4, -0.2) is 72.0 Å². The molecule has 10 heteroatoms. The van der Waals surface area contributed by atoms with E-state index < -0.39 is 11.8 Å². The molecule has 0 radical (unpaired) electrons. The lowest BCUT2D eigenvalue weighted by Crippen LogP contribution is -2.39. The highest BCUT2D eigenvalue weighted by molar-refractivity contribution is 6.27. The van der Waals surface area contributed by atoms with Gasteiger partial charge >= 0.3 is 0 Å². The Morgan fingerprint density at radius 2 is 1.84 bits per heavy atom. The van der Waals surface area contributed by atoms with Gasteiger partial charge in [-0.1, -0.05) is 12.1 Å². The van der Waals surface area contributed by atoms with Gasteiger partial charge in [0.1, 0.15) is 5.57 Å². The van der Waals surface area contributed by atoms with Gasteiger partial charge in [0.15, 0.2) is 0 Å². The summed E-state index contributed by atoms with van der Waals surface area (Å²) in [7, 11) is 6.51. The molecule has 0 aliphatic rings. The van der Waals surface area contributed by atoms with Crippen LogP contribution in [0.2, 0.25) is 0 Å². The molecule has 0 saturated carbocycles. The lowest BCUT2D eigenvalue weighted by molar-refractivity contribution is -0.122. The summed E-state index contributed by atoms with van der Waals surface area (Å²) in [4.78, 5) is 39.1. The van der Waals surface area contributed by atoms with E-state index in [1.807, 2.05) is 0 Å². The molecule has 0 aliphatic heterocycles. The van der Waals surface area contributed by atoms with E-state index in [0.717, 1.165) is 0 Å². The van der Waals surface area contributed by atoms with E-state index in [0.29, 0.717) is 16.8 Å². The van der Waals surface area contributed by atoms with Crippen LogP contribution in [-0.2, 0) is 21.4 Å². The number of benzene rings is 1. The van der Waals surface area contributed by atoms with Crippen LogP contribution in [0.5, 0.6) is 0 Å². The second kappa shape index (κ2) is 11.0. The smallest absolute Gasteiger partial charge is 0.261 e. The lowest BCUT2D eigenvalue weighted by atomic mass is 10.0. The average Bonchev–Trinajstić information content (AvgIpc) is 3.15. The minimum absolute atomic E-state index is 0. The number of anilines is 1. The summed E-state index contributed by atoms with van der Waals surface area (Å²) < 4.78 is 6.53. The summed E-state index contributed by atoms with van der Waals surface area (Å²) in [6, 6.07) is 6.04. The molecule has 2 rings (SSSR count). The fourth-order valence-electron chi connectivity index (χ4n) is 2.79. The molecule has 2 aromatic rings. The van der Waals surface area contributed by atoms with E-state index >= 15 is 0 Å². The zero-order chi connectivity index (χ0) is 23.8. The first kappa shape index (κ1) is 24.5. The molecule has 1 aromatic heterocycles. The molecule has 3 N–H and O–H groups in total. The first-order valence-electron chi connectivity index (χ1n) is 9.84. The van der Waals surface area contributed by atoms with Gasteiger partial charge in [-0.05, 0) is 30.7 Å². The number of methoxy groups -OCH3 is 1. The lowest BCUT2D eigenvalue weighted by Gasteiger charge is -2.15. The molecule has 172 valence electrons. The van der Waals surface area contributed by atoms with Gasteiger partial charge in [0.05, 0.1) is 24.2 Å². The third-order valence-electron chi connectivity index (χ3n) is 4.38. The number of amides is 3. The summed E-state index contributed by atoms with van der Waals surface area (Å²) in [5, 5.41) is 17.7. The molecule has 0 aliphatic carbocycles. The van der Waals surface area contributed by atoms with Crippen LogP contribution in [0.25, 0.3) is 0 Å². The number of aryl methyl sites for hydroxylation is 1. The highest BCUT2D eigenvalue weighted by Crippen LogP contribution is 2.11. The van der Waals surface area contributed by atoms with E-state index in [1.54, 1.807) is 58.5 Å². The van der Waals surface area contributed by atoms with Gasteiger partial charge in [0, 0.05) is 47.5 Å². The second-order valence-corrected chi connectivity index (χ2v) is 7.44. The Morgan fingerprint density at radius 3 is 2.38 bits per heavy atom. The SMILES string of the molecule is COC[C@H](C)NC(=O)/C(=C/C(=N)c1ccc(C(=O)N(C)C)cc1)C(=O)Nc1cnn(C)c1.[HH]. The predicted octanol–water partition coefficient (Wildman–Crippen LogP) is 1.45. The van der Waals surface area contributed by atoms with E-state index in [4.69, 9.17) is 10.1 Å². The van der Waals surface area contributed by atoms with E-state index in [2.05, 4.69) is 15.7 Å². The molecule has 1 aromatic carbocycles. The van der Waals surface area contributed by atoms with Crippen LogP contribution >= 0.6 is 0 Å².